The molecule has 0 atom stereocenters. The number of carbonyl (C=O) groups excluding carboxylic acids is 2. The van der Waals surface area contributed by atoms with Crippen molar-refractivity contribution in [2.45, 2.75) is 26.2 Å². The molecule has 7 nitrogen and oxygen atoms in total. The van der Waals surface area contributed by atoms with Gasteiger partial charge in [0.1, 0.15) is 0 Å². The van der Waals surface area contributed by atoms with E-state index in [4.69, 9.17) is 9.47 Å². The van der Waals surface area contributed by atoms with Crippen molar-refractivity contribution in [1.82, 2.24) is 10.3 Å². The number of nitrogens with one attached hydrogen (secondary N) is 1. The standard InChI is InChI=1S/C16H24N2O5/c1-4-5-8-23-9-6-7-17-15(19)12-10-13(21-2)14(18-11-12)16(20)22-3/h10-11H,4-9H2,1-3H3,(H,17,19). The summed E-state index contributed by atoms with van der Waals surface area (Å²) >= 11 is 0. The monoisotopic (exact) mass is 324 g/mol. The maximum absolute atomic E-state index is 12.0. The van der Waals surface area contributed by atoms with E-state index in [9.17, 15) is 9.59 Å². The van der Waals surface area contributed by atoms with Gasteiger partial charge in [0.05, 0.1) is 19.8 Å². The molecule has 1 rings (SSSR count). The Bertz CT molecular complexity index is 519. The normalized spacial score (nSPS) is 10.2. The first kappa shape index (κ1) is 18.9. The fraction of sp³-hybridized carbons (Fsp3) is 0.562. The third-order valence-electron chi connectivity index (χ3n) is 3.11. The lowest BCUT2D eigenvalue weighted by Gasteiger charge is -2.09. The smallest absolute Gasteiger partial charge is 0.360 e. The predicted octanol–water partition coefficient (Wildman–Crippen LogP) is 1.81. The van der Waals surface area contributed by atoms with Gasteiger partial charge in [0.15, 0.2) is 11.4 Å². The van der Waals surface area contributed by atoms with Crippen LogP contribution < -0.4 is 10.1 Å². The molecule has 0 saturated carbocycles. The van der Waals surface area contributed by atoms with Gasteiger partial charge in [0.2, 0.25) is 0 Å². The molecule has 1 heterocycles. The summed E-state index contributed by atoms with van der Waals surface area (Å²) in [6.45, 7) is 3.98. The third kappa shape index (κ3) is 6.23. The van der Waals surface area contributed by atoms with Gasteiger partial charge in [-0.05, 0) is 18.9 Å². The second kappa shape index (κ2) is 10.6. The molecule has 128 valence electrons. The second-order valence-corrected chi connectivity index (χ2v) is 4.84. The Morgan fingerprint density at radius 3 is 2.61 bits per heavy atom. The van der Waals surface area contributed by atoms with Gasteiger partial charge in [-0.15, -0.1) is 0 Å². The Morgan fingerprint density at radius 1 is 1.22 bits per heavy atom. The molecule has 0 radical (unpaired) electrons. The van der Waals surface area contributed by atoms with Crippen molar-refractivity contribution in [1.29, 1.82) is 0 Å². The van der Waals surface area contributed by atoms with Crippen molar-refractivity contribution >= 4 is 11.9 Å². The Balaban J connectivity index is 2.49. The summed E-state index contributed by atoms with van der Waals surface area (Å²) in [6.07, 6.45) is 4.21. The first-order valence-corrected chi connectivity index (χ1v) is 7.62. The molecule has 0 aromatic carbocycles. The van der Waals surface area contributed by atoms with Gasteiger partial charge < -0.3 is 19.5 Å². The van der Waals surface area contributed by atoms with Gasteiger partial charge in [0, 0.05) is 26.0 Å². The average Bonchev–Trinajstić information content (AvgIpc) is 2.59. The van der Waals surface area contributed by atoms with Crippen LogP contribution in [-0.4, -0.2) is 50.8 Å². The van der Waals surface area contributed by atoms with E-state index < -0.39 is 5.97 Å². The van der Waals surface area contributed by atoms with Gasteiger partial charge >= 0.3 is 5.97 Å². The number of unbranched alkanes of at least 4 members (excludes halogenated alkanes) is 1. The van der Waals surface area contributed by atoms with Crippen LogP contribution in [0.2, 0.25) is 0 Å². The SMILES string of the molecule is CCCCOCCCNC(=O)c1cnc(C(=O)OC)c(OC)c1. The largest absolute Gasteiger partial charge is 0.494 e. The molecular formula is C16H24N2O5. The summed E-state index contributed by atoms with van der Waals surface area (Å²) in [7, 11) is 2.66. The highest BCUT2D eigenvalue weighted by Gasteiger charge is 2.17. The zero-order valence-electron chi connectivity index (χ0n) is 13.9. The maximum Gasteiger partial charge on any atom is 0.360 e. The van der Waals surface area contributed by atoms with E-state index >= 15 is 0 Å². The lowest BCUT2D eigenvalue weighted by molar-refractivity contribution is 0.0589. The number of pyridine rings is 1. The minimum Gasteiger partial charge on any atom is -0.494 e. The fourth-order valence-electron chi connectivity index (χ4n) is 1.80. The number of amides is 1. The molecule has 1 aromatic heterocycles. The summed E-state index contributed by atoms with van der Waals surface area (Å²) in [5.74, 6) is -0.689. The average molecular weight is 324 g/mol. The zero-order valence-corrected chi connectivity index (χ0v) is 13.9. The molecule has 0 bridgehead atoms. The van der Waals surface area contributed by atoms with Crippen LogP contribution in [0.25, 0.3) is 0 Å². The van der Waals surface area contributed by atoms with Crippen molar-refractivity contribution in [3.8, 4) is 5.75 Å². The molecule has 1 amide bonds. The number of hydrogen-bond donors (Lipinski definition) is 1. The Morgan fingerprint density at radius 2 is 1.96 bits per heavy atom. The number of methoxy groups -OCH3 is 2. The first-order chi connectivity index (χ1) is 11.1. The molecule has 1 N–H and O–H groups in total. The van der Waals surface area contributed by atoms with Crippen molar-refractivity contribution < 1.29 is 23.8 Å². The molecule has 23 heavy (non-hydrogen) atoms. The molecule has 0 saturated heterocycles. The molecule has 0 aliphatic rings. The number of rotatable bonds is 10. The van der Waals surface area contributed by atoms with E-state index in [1.165, 1.54) is 26.5 Å². The van der Waals surface area contributed by atoms with Crippen LogP contribution in [0.1, 0.15) is 47.0 Å². The van der Waals surface area contributed by atoms with Crippen molar-refractivity contribution in [3.05, 3.63) is 23.5 Å². The maximum atomic E-state index is 12.0. The Kier molecular flexibility index (Phi) is 8.67. The van der Waals surface area contributed by atoms with Crippen LogP contribution >= 0.6 is 0 Å². The van der Waals surface area contributed by atoms with Crippen LogP contribution in [-0.2, 0) is 9.47 Å². The molecule has 0 aliphatic carbocycles. The van der Waals surface area contributed by atoms with Crippen molar-refractivity contribution in [2.75, 3.05) is 34.0 Å². The summed E-state index contributed by atoms with van der Waals surface area (Å²) in [5, 5.41) is 2.77. The van der Waals surface area contributed by atoms with E-state index in [1.54, 1.807) is 0 Å². The minimum atomic E-state index is -0.613. The van der Waals surface area contributed by atoms with E-state index in [1.807, 2.05) is 0 Å². The highest BCUT2D eigenvalue weighted by atomic mass is 16.5. The molecule has 1 aromatic rings. The van der Waals surface area contributed by atoms with Gasteiger partial charge in [0.25, 0.3) is 5.91 Å². The van der Waals surface area contributed by atoms with Gasteiger partial charge in [-0.25, -0.2) is 9.78 Å². The lowest BCUT2D eigenvalue weighted by atomic mass is 10.2. The van der Waals surface area contributed by atoms with E-state index in [2.05, 4.69) is 22.0 Å². The van der Waals surface area contributed by atoms with Crippen LogP contribution in [0.3, 0.4) is 0 Å². The third-order valence-corrected chi connectivity index (χ3v) is 3.11. The Hall–Kier alpha value is -2.15. The summed E-state index contributed by atoms with van der Waals surface area (Å²) in [4.78, 5) is 27.5. The number of esters is 1. The number of nitrogens with zero attached hydrogens (tertiary/aromatic N) is 1. The number of carbonyl (C=O) groups is 2. The number of ether oxygens (including phenoxy) is 3. The number of aromatic nitrogens is 1. The highest BCUT2D eigenvalue weighted by molar-refractivity contribution is 5.96. The van der Waals surface area contributed by atoms with Gasteiger partial charge in [-0.1, -0.05) is 13.3 Å². The highest BCUT2D eigenvalue weighted by Crippen LogP contribution is 2.18. The predicted molar refractivity (Wildman–Crippen MR) is 84.8 cm³/mol. The molecule has 0 spiro atoms. The molecular weight excluding hydrogens is 300 g/mol. The molecule has 0 fully saturated rings. The van der Waals surface area contributed by atoms with Crippen LogP contribution in [0.4, 0.5) is 0 Å². The van der Waals surface area contributed by atoms with Gasteiger partial charge in [-0.2, -0.15) is 0 Å². The minimum absolute atomic E-state index is 0.0378. The van der Waals surface area contributed by atoms with Crippen molar-refractivity contribution in [2.24, 2.45) is 0 Å². The van der Waals surface area contributed by atoms with E-state index in [0.29, 0.717) is 18.7 Å². The molecule has 0 aliphatic heterocycles. The molecule has 7 heteroatoms. The van der Waals surface area contributed by atoms with Gasteiger partial charge in [-0.3, -0.25) is 4.79 Å². The van der Waals surface area contributed by atoms with Crippen LogP contribution in [0, 0.1) is 0 Å². The molecule has 0 unspecified atom stereocenters. The topological polar surface area (TPSA) is 86.8 Å². The van der Waals surface area contributed by atoms with E-state index in [0.717, 1.165) is 25.9 Å². The van der Waals surface area contributed by atoms with Crippen LogP contribution in [0.5, 0.6) is 5.75 Å². The first-order valence-electron chi connectivity index (χ1n) is 7.62. The van der Waals surface area contributed by atoms with E-state index in [-0.39, 0.29) is 17.4 Å². The summed E-state index contributed by atoms with van der Waals surface area (Å²) in [5.41, 5.74) is 0.359. The second-order valence-electron chi connectivity index (χ2n) is 4.84. The Labute approximate surface area is 136 Å². The zero-order chi connectivity index (χ0) is 17.1. The van der Waals surface area contributed by atoms with Crippen molar-refractivity contribution in [3.63, 3.8) is 0 Å². The van der Waals surface area contributed by atoms with Crippen LogP contribution in [0.15, 0.2) is 12.3 Å². The quantitative estimate of drug-likeness (QED) is 0.522. The lowest BCUT2D eigenvalue weighted by Crippen LogP contribution is -2.25. The summed E-state index contributed by atoms with van der Waals surface area (Å²) < 4.78 is 15.1. The fourth-order valence-corrected chi connectivity index (χ4v) is 1.80. The number of hydrogen-bond acceptors (Lipinski definition) is 6. The summed E-state index contributed by atoms with van der Waals surface area (Å²) in [6, 6.07) is 1.46.